The summed E-state index contributed by atoms with van der Waals surface area (Å²) in [6.45, 7) is 3.29. The number of benzene rings is 1. The molecule has 0 amide bonds. The minimum absolute atomic E-state index is 0.107. The average Bonchev–Trinajstić information content (AvgIpc) is 2.28. The second kappa shape index (κ2) is 6.86. The predicted molar refractivity (Wildman–Crippen MR) is 68.2 cm³/mol. The van der Waals surface area contributed by atoms with Gasteiger partial charge < -0.3 is 14.7 Å². The Kier molecular flexibility index (Phi) is 5.45. The molecule has 6 heteroatoms. The van der Waals surface area contributed by atoms with Gasteiger partial charge in [-0.05, 0) is 32.0 Å². The molecular formula is C12H14ClNO4. The van der Waals surface area contributed by atoms with Crippen LogP contribution in [0.2, 0.25) is 5.02 Å². The number of halogens is 1. The maximum atomic E-state index is 10.4. The van der Waals surface area contributed by atoms with Gasteiger partial charge in [0.1, 0.15) is 11.9 Å². The highest BCUT2D eigenvalue weighted by Gasteiger charge is 2.06. The van der Waals surface area contributed by atoms with E-state index in [4.69, 9.17) is 26.3 Å². The van der Waals surface area contributed by atoms with Crippen molar-refractivity contribution in [2.24, 2.45) is 5.16 Å². The highest BCUT2D eigenvalue weighted by molar-refractivity contribution is 6.34. The Labute approximate surface area is 110 Å². The van der Waals surface area contributed by atoms with Crippen LogP contribution in [0, 0.1) is 0 Å². The van der Waals surface area contributed by atoms with Crippen molar-refractivity contribution in [1.29, 1.82) is 0 Å². The van der Waals surface area contributed by atoms with Gasteiger partial charge in [0.05, 0.1) is 0 Å². The maximum Gasteiger partial charge on any atom is 0.353 e. The van der Waals surface area contributed by atoms with E-state index in [1.165, 1.54) is 6.92 Å². The third-order valence-electron chi connectivity index (χ3n) is 1.95. The number of oxime groups is 1. The normalized spacial score (nSPS) is 12.9. The zero-order valence-corrected chi connectivity index (χ0v) is 10.8. The molecule has 0 heterocycles. The van der Waals surface area contributed by atoms with E-state index in [0.29, 0.717) is 10.8 Å². The van der Waals surface area contributed by atoms with E-state index in [2.05, 4.69) is 5.16 Å². The molecule has 0 aromatic heterocycles. The molecule has 1 unspecified atom stereocenters. The first-order valence-electron chi connectivity index (χ1n) is 5.31. The molecule has 1 rings (SSSR count). The number of aliphatic carboxylic acids is 1. The molecule has 1 aromatic carbocycles. The molecule has 0 saturated carbocycles. The Bertz CT molecular complexity index is 447. The number of carboxylic acid groups (broad SMARTS) is 1. The van der Waals surface area contributed by atoms with E-state index in [0.717, 1.165) is 0 Å². The molecule has 0 spiro atoms. The van der Waals surface area contributed by atoms with Crippen LogP contribution in [0.3, 0.4) is 0 Å². The highest BCUT2D eigenvalue weighted by Crippen LogP contribution is 2.18. The second-order valence-electron chi connectivity index (χ2n) is 3.66. The van der Waals surface area contributed by atoms with Crippen molar-refractivity contribution in [1.82, 2.24) is 0 Å². The number of nitrogens with zero attached hydrogens (tertiary/aromatic N) is 1. The molecule has 0 radical (unpaired) electrons. The first kappa shape index (κ1) is 14.3. The Hall–Kier alpha value is -1.75. The summed E-state index contributed by atoms with van der Waals surface area (Å²) >= 11 is 5.81. The number of hydrogen-bond acceptors (Lipinski definition) is 4. The largest absolute Gasteiger partial charge is 0.487 e. The molecule has 0 bridgehead atoms. The fraction of sp³-hybridized carbons (Fsp3) is 0.333. The van der Waals surface area contributed by atoms with E-state index in [1.807, 2.05) is 0 Å². The smallest absolute Gasteiger partial charge is 0.353 e. The van der Waals surface area contributed by atoms with Crippen molar-refractivity contribution in [2.45, 2.75) is 20.0 Å². The molecule has 1 N–H and O–H groups in total. The molecule has 1 atom stereocenters. The lowest BCUT2D eigenvalue weighted by molar-refractivity contribution is -0.129. The Morgan fingerprint density at radius 2 is 2.28 bits per heavy atom. The molecule has 0 saturated heterocycles. The van der Waals surface area contributed by atoms with E-state index >= 15 is 0 Å². The molecule has 0 aliphatic rings. The van der Waals surface area contributed by atoms with Gasteiger partial charge in [-0.25, -0.2) is 4.79 Å². The summed E-state index contributed by atoms with van der Waals surface area (Å²) in [6, 6.07) is 6.98. The number of rotatable bonds is 6. The van der Waals surface area contributed by atoms with Crippen LogP contribution in [-0.4, -0.2) is 29.5 Å². The summed E-state index contributed by atoms with van der Waals surface area (Å²) in [4.78, 5) is 15.3. The summed E-state index contributed by atoms with van der Waals surface area (Å²) in [5.41, 5.74) is -0.107. The van der Waals surface area contributed by atoms with E-state index in [1.54, 1.807) is 31.2 Å². The lowest BCUT2D eigenvalue weighted by Crippen LogP contribution is -2.19. The third kappa shape index (κ3) is 5.05. The van der Waals surface area contributed by atoms with Gasteiger partial charge in [-0.1, -0.05) is 22.8 Å². The number of carboxylic acids is 1. The highest BCUT2D eigenvalue weighted by atomic mass is 35.5. The zero-order valence-electron chi connectivity index (χ0n) is 10.1. The van der Waals surface area contributed by atoms with Crippen LogP contribution < -0.4 is 4.74 Å². The minimum atomic E-state index is -1.11. The lowest BCUT2D eigenvalue weighted by atomic mass is 10.3. The van der Waals surface area contributed by atoms with Crippen LogP contribution in [0.5, 0.6) is 5.75 Å². The van der Waals surface area contributed by atoms with Crippen LogP contribution in [0.1, 0.15) is 13.8 Å². The van der Waals surface area contributed by atoms with Crippen molar-refractivity contribution < 1.29 is 19.5 Å². The quantitative estimate of drug-likeness (QED) is 0.638. The van der Waals surface area contributed by atoms with Gasteiger partial charge in [-0.2, -0.15) is 0 Å². The number of carbonyl (C=O) groups is 1. The van der Waals surface area contributed by atoms with Crippen molar-refractivity contribution in [3.63, 3.8) is 0 Å². The molecule has 0 fully saturated rings. The number of ether oxygens (including phenoxy) is 1. The molecule has 98 valence electrons. The zero-order chi connectivity index (χ0) is 13.5. The summed E-state index contributed by atoms with van der Waals surface area (Å²) in [5.74, 6) is -0.490. The monoisotopic (exact) mass is 271 g/mol. The second-order valence-corrected chi connectivity index (χ2v) is 4.10. The third-order valence-corrected chi connectivity index (χ3v) is 2.19. The summed E-state index contributed by atoms with van der Waals surface area (Å²) < 4.78 is 5.51. The van der Waals surface area contributed by atoms with E-state index < -0.39 is 5.97 Å². The molecular weight excluding hydrogens is 258 g/mol. The molecule has 1 aromatic rings. The summed E-state index contributed by atoms with van der Waals surface area (Å²) in [5, 5.41) is 12.6. The van der Waals surface area contributed by atoms with Crippen LogP contribution in [0.25, 0.3) is 0 Å². The van der Waals surface area contributed by atoms with Gasteiger partial charge in [-0.3, -0.25) is 0 Å². The average molecular weight is 272 g/mol. The fourth-order valence-corrected chi connectivity index (χ4v) is 1.27. The van der Waals surface area contributed by atoms with Crippen molar-refractivity contribution in [3.8, 4) is 5.75 Å². The van der Waals surface area contributed by atoms with Gasteiger partial charge in [0.15, 0.2) is 12.3 Å². The van der Waals surface area contributed by atoms with Gasteiger partial charge >= 0.3 is 5.97 Å². The van der Waals surface area contributed by atoms with Crippen molar-refractivity contribution in [2.75, 3.05) is 6.61 Å². The molecule has 0 aliphatic heterocycles. The van der Waals surface area contributed by atoms with Crippen LogP contribution in [-0.2, 0) is 9.63 Å². The minimum Gasteiger partial charge on any atom is -0.487 e. The van der Waals surface area contributed by atoms with E-state index in [-0.39, 0.29) is 18.4 Å². The van der Waals surface area contributed by atoms with E-state index in [9.17, 15) is 4.79 Å². The molecule has 0 aliphatic carbocycles. The predicted octanol–water partition coefficient (Wildman–Crippen LogP) is 2.58. The standard InChI is InChI=1S/C12H14ClNO4/c1-8(7-17-14-9(2)12(15)16)18-11-5-3-4-10(13)6-11/h3-6,8H,7H2,1-2H3,(H,15,16)/b14-9+. The van der Waals surface area contributed by atoms with Crippen LogP contribution in [0.4, 0.5) is 0 Å². The van der Waals surface area contributed by atoms with Crippen molar-refractivity contribution in [3.05, 3.63) is 29.3 Å². The number of hydrogen-bond donors (Lipinski definition) is 1. The topological polar surface area (TPSA) is 68.1 Å². The van der Waals surface area contributed by atoms with Crippen LogP contribution in [0.15, 0.2) is 29.4 Å². The molecule has 5 nitrogen and oxygen atoms in total. The first-order valence-corrected chi connectivity index (χ1v) is 5.69. The maximum absolute atomic E-state index is 10.4. The van der Waals surface area contributed by atoms with Gasteiger partial charge in [0.25, 0.3) is 0 Å². The Morgan fingerprint density at radius 1 is 1.56 bits per heavy atom. The fourth-order valence-electron chi connectivity index (χ4n) is 1.08. The van der Waals surface area contributed by atoms with Gasteiger partial charge in [0.2, 0.25) is 0 Å². The van der Waals surface area contributed by atoms with Gasteiger partial charge in [0, 0.05) is 5.02 Å². The molecule has 18 heavy (non-hydrogen) atoms. The first-order chi connectivity index (χ1) is 8.49. The summed E-state index contributed by atoms with van der Waals surface area (Å²) in [6.07, 6.45) is -0.270. The Morgan fingerprint density at radius 3 is 2.89 bits per heavy atom. The SMILES string of the molecule is C/C(=N\OCC(C)Oc1cccc(Cl)c1)C(=O)O. The van der Waals surface area contributed by atoms with Crippen LogP contribution >= 0.6 is 11.6 Å². The van der Waals surface area contributed by atoms with Gasteiger partial charge in [-0.15, -0.1) is 0 Å². The Balaban J connectivity index is 2.41. The lowest BCUT2D eigenvalue weighted by Gasteiger charge is -2.13. The summed E-state index contributed by atoms with van der Waals surface area (Å²) in [7, 11) is 0. The van der Waals surface area contributed by atoms with Crippen molar-refractivity contribution >= 4 is 23.3 Å².